The van der Waals surface area contributed by atoms with Gasteiger partial charge in [0.05, 0.1) is 11.2 Å². The Bertz CT molecular complexity index is 998. The molecule has 0 aliphatic rings. The van der Waals surface area contributed by atoms with E-state index in [0.717, 1.165) is 6.20 Å². The summed E-state index contributed by atoms with van der Waals surface area (Å²) in [7, 11) is 0. The van der Waals surface area contributed by atoms with Crippen LogP contribution in [0.2, 0.25) is 5.02 Å². The molecule has 0 saturated heterocycles. The van der Waals surface area contributed by atoms with Crippen LogP contribution in [0.15, 0.2) is 34.3 Å². The Morgan fingerprint density at radius 3 is 3.00 bits per heavy atom. The number of fused-ring (bicyclic) bond motifs is 1. The third-order valence-electron chi connectivity index (χ3n) is 3.54. The molecule has 136 valence electrons. The largest absolute Gasteiger partial charge is 0.364 e. The first-order valence-electron chi connectivity index (χ1n) is 7.77. The summed E-state index contributed by atoms with van der Waals surface area (Å²) in [5, 5.41) is 3.58. The average molecular weight is 395 g/mol. The summed E-state index contributed by atoms with van der Waals surface area (Å²) in [5.74, 6) is 0.278. The summed E-state index contributed by atoms with van der Waals surface area (Å²) in [5.41, 5.74) is 6.45. The van der Waals surface area contributed by atoms with Crippen LogP contribution in [-0.2, 0) is 5.75 Å². The molecule has 0 aliphatic carbocycles. The topological polar surface area (TPSA) is 110 Å². The van der Waals surface area contributed by atoms with Crippen LogP contribution in [0.3, 0.4) is 0 Å². The molecular weight excluding hydrogens is 379 g/mol. The number of rotatable bonds is 6. The zero-order chi connectivity index (χ0) is 18.7. The number of benzene rings is 1. The summed E-state index contributed by atoms with van der Waals surface area (Å²) < 4.78 is 14.0. The Morgan fingerprint density at radius 2 is 2.23 bits per heavy atom. The van der Waals surface area contributed by atoms with Gasteiger partial charge in [-0.2, -0.15) is 0 Å². The molecule has 0 bridgehead atoms. The number of thioether (sulfide) groups is 1. The van der Waals surface area contributed by atoms with Gasteiger partial charge in [0.25, 0.3) is 5.56 Å². The molecule has 3 aromatic rings. The van der Waals surface area contributed by atoms with E-state index in [1.165, 1.54) is 17.8 Å². The van der Waals surface area contributed by atoms with Crippen molar-refractivity contribution in [2.45, 2.75) is 23.9 Å². The lowest BCUT2D eigenvalue weighted by Crippen LogP contribution is -2.26. The monoisotopic (exact) mass is 394 g/mol. The molecule has 0 aliphatic heterocycles. The van der Waals surface area contributed by atoms with Gasteiger partial charge in [0.15, 0.2) is 16.6 Å². The Labute approximate surface area is 157 Å². The summed E-state index contributed by atoms with van der Waals surface area (Å²) in [4.78, 5) is 27.0. The molecule has 2 heterocycles. The van der Waals surface area contributed by atoms with Crippen molar-refractivity contribution >= 4 is 40.3 Å². The standard InChI is InChI=1S/C16H16ClFN6OS/c1-8(5-19)21-14-13-15(22-11(25)6-20-13)24-16(23-14)26-7-9-3-2-4-10(17)12(9)18/h2-4,6,8H,5,7,19H2,1H3,(H2,21,22,23,24,25)/t8-/m1/s1. The summed E-state index contributed by atoms with van der Waals surface area (Å²) >= 11 is 7.03. The number of aromatic nitrogens is 4. The number of nitrogens with one attached hydrogen (secondary N) is 2. The van der Waals surface area contributed by atoms with Crippen molar-refractivity contribution < 1.29 is 4.39 Å². The zero-order valence-electron chi connectivity index (χ0n) is 13.8. The first-order chi connectivity index (χ1) is 12.5. The number of aromatic amines is 1. The van der Waals surface area contributed by atoms with Crippen LogP contribution >= 0.6 is 23.4 Å². The molecule has 1 atom stereocenters. The molecule has 2 aromatic heterocycles. The second kappa shape index (κ2) is 7.98. The van der Waals surface area contributed by atoms with Gasteiger partial charge in [-0.15, -0.1) is 0 Å². The molecule has 4 N–H and O–H groups in total. The molecule has 0 unspecified atom stereocenters. The van der Waals surface area contributed by atoms with E-state index in [1.54, 1.807) is 12.1 Å². The predicted molar refractivity (Wildman–Crippen MR) is 101 cm³/mol. The molecule has 26 heavy (non-hydrogen) atoms. The third kappa shape index (κ3) is 4.12. The predicted octanol–water partition coefficient (Wildman–Crippen LogP) is 2.56. The van der Waals surface area contributed by atoms with Crippen LogP contribution in [-0.4, -0.2) is 32.5 Å². The van der Waals surface area contributed by atoms with Crippen LogP contribution < -0.4 is 16.6 Å². The van der Waals surface area contributed by atoms with Crippen molar-refractivity contribution in [1.29, 1.82) is 0 Å². The number of nitrogens with two attached hydrogens (primary N) is 1. The number of hydrogen-bond donors (Lipinski definition) is 3. The van der Waals surface area contributed by atoms with Crippen molar-refractivity contribution in [1.82, 2.24) is 19.9 Å². The molecule has 0 radical (unpaired) electrons. The normalized spacial score (nSPS) is 12.3. The molecule has 7 nitrogen and oxygen atoms in total. The van der Waals surface area contributed by atoms with Crippen LogP contribution in [0, 0.1) is 5.82 Å². The molecule has 1 aromatic carbocycles. The lowest BCUT2D eigenvalue weighted by molar-refractivity contribution is 0.617. The van der Waals surface area contributed by atoms with Gasteiger partial charge >= 0.3 is 0 Å². The fraction of sp³-hybridized carbons (Fsp3) is 0.250. The Balaban J connectivity index is 1.94. The number of H-pyrrole nitrogens is 1. The molecule has 3 rings (SSSR count). The van der Waals surface area contributed by atoms with Gasteiger partial charge in [-0.05, 0) is 18.6 Å². The van der Waals surface area contributed by atoms with Crippen molar-refractivity contribution in [3.8, 4) is 0 Å². The highest BCUT2D eigenvalue weighted by Gasteiger charge is 2.14. The molecule has 0 fully saturated rings. The van der Waals surface area contributed by atoms with Gasteiger partial charge in [0.2, 0.25) is 0 Å². The van der Waals surface area contributed by atoms with E-state index in [4.69, 9.17) is 17.3 Å². The second-order valence-electron chi connectivity index (χ2n) is 5.58. The molecule has 0 spiro atoms. The lowest BCUT2D eigenvalue weighted by Gasteiger charge is -2.14. The Kier molecular flexibility index (Phi) is 5.70. The van der Waals surface area contributed by atoms with Crippen LogP contribution in [0.5, 0.6) is 0 Å². The number of anilines is 1. The highest BCUT2D eigenvalue weighted by atomic mass is 35.5. The Morgan fingerprint density at radius 1 is 1.42 bits per heavy atom. The molecular formula is C16H16ClFN6OS. The maximum atomic E-state index is 14.0. The van der Waals surface area contributed by atoms with Crippen LogP contribution in [0.1, 0.15) is 12.5 Å². The first-order valence-corrected chi connectivity index (χ1v) is 9.13. The van der Waals surface area contributed by atoms with E-state index in [9.17, 15) is 9.18 Å². The van der Waals surface area contributed by atoms with Crippen LogP contribution in [0.4, 0.5) is 10.2 Å². The zero-order valence-corrected chi connectivity index (χ0v) is 15.4. The van der Waals surface area contributed by atoms with Gasteiger partial charge in [-0.3, -0.25) is 4.79 Å². The highest BCUT2D eigenvalue weighted by molar-refractivity contribution is 7.98. The smallest absolute Gasteiger partial charge is 0.268 e. The summed E-state index contributed by atoms with van der Waals surface area (Å²) in [6, 6.07) is 4.77. The van der Waals surface area contributed by atoms with E-state index >= 15 is 0 Å². The minimum atomic E-state index is -0.465. The van der Waals surface area contributed by atoms with E-state index < -0.39 is 5.82 Å². The number of halogens is 2. The lowest BCUT2D eigenvalue weighted by atomic mass is 10.2. The van der Waals surface area contributed by atoms with Gasteiger partial charge in [-0.1, -0.05) is 35.5 Å². The number of nitrogens with zero attached hydrogens (tertiary/aromatic N) is 3. The van der Waals surface area contributed by atoms with Gasteiger partial charge in [0.1, 0.15) is 11.3 Å². The average Bonchev–Trinajstić information content (AvgIpc) is 2.62. The van der Waals surface area contributed by atoms with E-state index in [-0.39, 0.29) is 22.4 Å². The fourth-order valence-corrected chi connectivity index (χ4v) is 3.19. The van der Waals surface area contributed by atoms with Crippen molar-refractivity contribution in [3.63, 3.8) is 0 Å². The highest BCUT2D eigenvalue weighted by Crippen LogP contribution is 2.27. The Hall–Kier alpha value is -2.23. The maximum absolute atomic E-state index is 14.0. The first kappa shape index (κ1) is 18.6. The SMILES string of the molecule is C[C@H](CN)Nc1nc(SCc2cccc(Cl)c2F)nc2[nH]c(=O)cnc12. The summed E-state index contributed by atoms with van der Waals surface area (Å²) in [6.45, 7) is 2.29. The maximum Gasteiger partial charge on any atom is 0.268 e. The van der Waals surface area contributed by atoms with Crippen LogP contribution in [0.25, 0.3) is 11.2 Å². The minimum absolute atomic E-state index is 0.0509. The molecule has 0 saturated carbocycles. The quantitative estimate of drug-likeness (QED) is 0.435. The number of hydrogen-bond acceptors (Lipinski definition) is 7. The summed E-state index contributed by atoms with van der Waals surface area (Å²) in [6.07, 6.45) is 1.16. The molecule has 10 heteroatoms. The van der Waals surface area contributed by atoms with E-state index in [1.807, 2.05) is 6.92 Å². The fourth-order valence-electron chi connectivity index (χ4n) is 2.18. The molecule has 0 amide bonds. The van der Waals surface area contributed by atoms with Crippen molar-refractivity contribution in [3.05, 3.63) is 51.2 Å². The van der Waals surface area contributed by atoms with Gasteiger partial charge < -0.3 is 16.0 Å². The third-order valence-corrected chi connectivity index (χ3v) is 4.73. The van der Waals surface area contributed by atoms with E-state index in [2.05, 4.69) is 25.3 Å². The minimum Gasteiger partial charge on any atom is -0.364 e. The van der Waals surface area contributed by atoms with Gasteiger partial charge in [0, 0.05) is 18.3 Å². The van der Waals surface area contributed by atoms with Crippen molar-refractivity contribution in [2.24, 2.45) is 5.73 Å². The second-order valence-corrected chi connectivity index (χ2v) is 6.93. The van der Waals surface area contributed by atoms with Gasteiger partial charge in [-0.25, -0.2) is 19.3 Å². The van der Waals surface area contributed by atoms with E-state index in [0.29, 0.717) is 34.2 Å². The van der Waals surface area contributed by atoms with Crippen molar-refractivity contribution in [2.75, 3.05) is 11.9 Å².